The molecule has 0 fully saturated rings. The van der Waals surface area contributed by atoms with E-state index in [1.165, 1.54) is 77.2 Å². The predicted molar refractivity (Wildman–Crippen MR) is 198 cm³/mol. The van der Waals surface area contributed by atoms with Gasteiger partial charge in [0.1, 0.15) is 0 Å². The van der Waals surface area contributed by atoms with Crippen LogP contribution in [-0.2, 0) is 5.41 Å². The third kappa shape index (κ3) is 3.28. The largest absolute Gasteiger partial charge is 0.453 e. The van der Waals surface area contributed by atoms with Crippen molar-refractivity contribution in [1.82, 2.24) is 9.13 Å². The molecule has 0 atom stereocenters. The van der Waals surface area contributed by atoms with Gasteiger partial charge in [0, 0.05) is 32.6 Å². The van der Waals surface area contributed by atoms with Gasteiger partial charge in [-0.2, -0.15) is 0 Å². The maximum absolute atomic E-state index is 6.35. The maximum atomic E-state index is 6.35. The zero-order valence-corrected chi connectivity index (χ0v) is 26.7. The van der Waals surface area contributed by atoms with Crippen LogP contribution in [0.3, 0.4) is 0 Å². The van der Waals surface area contributed by atoms with Crippen LogP contribution in [0.5, 0.6) is 11.5 Å². The van der Waals surface area contributed by atoms with Crippen LogP contribution in [0.1, 0.15) is 25.0 Å². The van der Waals surface area contributed by atoms with Crippen molar-refractivity contribution in [1.29, 1.82) is 0 Å². The Kier molecular flexibility index (Phi) is 4.91. The van der Waals surface area contributed by atoms with Crippen molar-refractivity contribution in [3.63, 3.8) is 0 Å². The number of nitrogens with zero attached hydrogens (tertiary/aromatic N) is 2. The molecule has 3 heteroatoms. The Hall–Kier alpha value is -6.06. The first-order chi connectivity index (χ1) is 23.6. The Morgan fingerprint density at radius 2 is 1.06 bits per heavy atom. The number of aromatic nitrogens is 2. The molecule has 0 unspecified atom stereocenters. The quantitative estimate of drug-likeness (QED) is 0.190. The lowest BCUT2D eigenvalue weighted by molar-refractivity contribution is 0.476. The molecule has 7 aromatic carbocycles. The Morgan fingerprint density at radius 3 is 1.88 bits per heavy atom. The molecule has 0 saturated heterocycles. The molecule has 3 heterocycles. The first-order valence-corrected chi connectivity index (χ1v) is 16.7. The fourth-order valence-electron chi connectivity index (χ4n) is 8.64. The van der Waals surface area contributed by atoms with Gasteiger partial charge >= 0.3 is 0 Å². The summed E-state index contributed by atoms with van der Waals surface area (Å²) in [5, 5.41) is 5.03. The van der Waals surface area contributed by atoms with E-state index < -0.39 is 0 Å². The zero-order valence-electron chi connectivity index (χ0n) is 26.7. The molecule has 11 rings (SSSR count). The second-order valence-electron chi connectivity index (χ2n) is 13.8. The lowest BCUT2D eigenvalue weighted by Gasteiger charge is -2.23. The van der Waals surface area contributed by atoms with Gasteiger partial charge in [-0.1, -0.05) is 105 Å². The summed E-state index contributed by atoms with van der Waals surface area (Å²) >= 11 is 0. The van der Waals surface area contributed by atoms with Crippen molar-refractivity contribution in [2.24, 2.45) is 0 Å². The average Bonchev–Trinajstić information content (AvgIpc) is 3.72. The van der Waals surface area contributed by atoms with Gasteiger partial charge in [-0.15, -0.1) is 0 Å². The number of ether oxygens (including phenoxy) is 1. The van der Waals surface area contributed by atoms with Crippen LogP contribution in [0.15, 0.2) is 146 Å². The Morgan fingerprint density at radius 1 is 0.458 bits per heavy atom. The normalized spacial score (nSPS) is 14.0. The molecule has 0 saturated carbocycles. The molecule has 0 N–H and O–H groups in total. The van der Waals surface area contributed by atoms with Crippen molar-refractivity contribution in [3.05, 3.63) is 157 Å². The molecule has 226 valence electrons. The fraction of sp³-hybridized carbons (Fsp3) is 0.0667. The molecule has 1 aliphatic heterocycles. The summed E-state index contributed by atoms with van der Waals surface area (Å²) in [5.41, 5.74) is 14.8. The first kappa shape index (κ1) is 26.1. The van der Waals surface area contributed by atoms with Crippen molar-refractivity contribution in [3.8, 4) is 45.1 Å². The summed E-state index contributed by atoms with van der Waals surface area (Å²) in [6, 6.07) is 53.2. The molecule has 1 aliphatic carbocycles. The van der Waals surface area contributed by atoms with Crippen LogP contribution in [0, 0.1) is 0 Å². The molecule has 2 aromatic heterocycles. The summed E-state index contributed by atoms with van der Waals surface area (Å²) in [6.07, 6.45) is 0. The number of fused-ring (bicyclic) bond motifs is 11. The summed E-state index contributed by atoms with van der Waals surface area (Å²) in [6.45, 7) is 4.76. The van der Waals surface area contributed by atoms with Crippen molar-refractivity contribution in [2.45, 2.75) is 19.3 Å². The molecule has 0 bridgehead atoms. The number of rotatable bonds is 2. The average molecular weight is 615 g/mol. The summed E-state index contributed by atoms with van der Waals surface area (Å²) in [4.78, 5) is 0. The molecule has 2 aliphatic rings. The van der Waals surface area contributed by atoms with Gasteiger partial charge in [0.25, 0.3) is 0 Å². The highest BCUT2D eigenvalue weighted by Gasteiger charge is 2.36. The van der Waals surface area contributed by atoms with E-state index >= 15 is 0 Å². The number of benzene rings is 7. The number of para-hydroxylation sites is 5. The van der Waals surface area contributed by atoms with Gasteiger partial charge in [0.15, 0.2) is 11.5 Å². The van der Waals surface area contributed by atoms with Gasteiger partial charge in [0.2, 0.25) is 0 Å². The van der Waals surface area contributed by atoms with E-state index in [-0.39, 0.29) is 5.41 Å². The lowest BCUT2D eigenvalue weighted by atomic mass is 9.81. The van der Waals surface area contributed by atoms with Crippen molar-refractivity contribution >= 4 is 43.6 Å². The van der Waals surface area contributed by atoms with Gasteiger partial charge in [0.05, 0.1) is 27.8 Å². The summed E-state index contributed by atoms with van der Waals surface area (Å²) in [5.74, 6) is 1.79. The molecule has 0 amide bonds. The summed E-state index contributed by atoms with van der Waals surface area (Å²) < 4.78 is 11.2. The maximum Gasteiger partial charge on any atom is 0.152 e. The van der Waals surface area contributed by atoms with Crippen LogP contribution in [0.2, 0.25) is 0 Å². The molecule has 9 aromatic rings. The molecule has 0 spiro atoms. The smallest absolute Gasteiger partial charge is 0.152 e. The van der Waals surface area contributed by atoms with Gasteiger partial charge in [-0.3, -0.25) is 0 Å². The van der Waals surface area contributed by atoms with Crippen LogP contribution < -0.4 is 4.74 Å². The number of hydrogen-bond acceptors (Lipinski definition) is 1. The second-order valence-corrected chi connectivity index (χ2v) is 13.8. The fourth-order valence-corrected chi connectivity index (χ4v) is 8.64. The zero-order chi connectivity index (χ0) is 31.7. The van der Waals surface area contributed by atoms with E-state index in [1.54, 1.807) is 0 Å². The van der Waals surface area contributed by atoms with Crippen molar-refractivity contribution < 1.29 is 4.74 Å². The molecular weight excluding hydrogens is 585 g/mol. The minimum Gasteiger partial charge on any atom is -0.453 e. The van der Waals surface area contributed by atoms with Crippen LogP contribution >= 0.6 is 0 Å². The highest BCUT2D eigenvalue weighted by atomic mass is 16.5. The minimum absolute atomic E-state index is 0.152. The topological polar surface area (TPSA) is 19.1 Å². The molecule has 0 radical (unpaired) electrons. The van der Waals surface area contributed by atoms with Gasteiger partial charge < -0.3 is 13.9 Å². The van der Waals surface area contributed by atoms with E-state index in [4.69, 9.17) is 4.74 Å². The lowest BCUT2D eigenvalue weighted by Crippen LogP contribution is -2.15. The van der Waals surface area contributed by atoms with Crippen molar-refractivity contribution in [2.75, 3.05) is 0 Å². The monoisotopic (exact) mass is 614 g/mol. The third-order valence-corrected chi connectivity index (χ3v) is 10.9. The minimum atomic E-state index is -0.152. The van der Waals surface area contributed by atoms with E-state index in [1.807, 2.05) is 6.07 Å². The highest BCUT2D eigenvalue weighted by Crippen LogP contribution is 2.51. The van der Waals surface area contributed by atoms with Gasteiger partial charge in [-0.05, 0) is 88.0 Å². The third-order valence-electron chi connectivity index (χ3n) is 10.9. The van der Waals surface area contributed by atoms with E-state index in [2.05, 4.69) is 163 Å². The SMILES string of the molecule is CC1(C)c2cc(-c3ccc4c5cccc6c5n(c4c3)-c3ccccc3O6)ccc2-c2ccc(-n3c4ccccc4c4ccccc43)cc21. The molecule has 3 nitrogen and oxygen atoms in total. The Labute approximate surface area is 277 Å². The Bertz CT molecular complexity index is 2790. The van der Waals surface area contributed by atoms with Crippen LogP contribution in [0.25, 0.3) is 77.2 Å². The first-order valence-electron chi connectivity index (χ1n) is 16.7. The standard InChI is InChI=1S/C45H30N2O/c1-45(2)36-24-27(28-19-22-34-35-12-9-17-43-44(35)47(41(34)25-28)40-15-7-8-16-42(40)48-43)18-21-30(36)31-23-20-29(26-37(31)45)46-38-13-5-3-10-32(38)33-11-4-6-14-39(33)46/h3-26H,1-2H3. The van der Waals surface area contributed by atoms with E-state index in [0.717, 1.165) is 22.7 Å². The number of hydrogen-bond donors (Lipinski definition) is 0. The molecular formula is C45H30N2O. The highest BCUT2D eigenvalue weighted by molar-refractivity contribution is 6.13. The predicted octanol–water partition coefficient (Wildman–Crippen LogP) is 12.0. The van der Waals surface area contributed by atoms with E-state index in [0.29, 0.717) is 0 Å². The van der Waals surface area contributed by atoms with Crippen LogP contribution in [0.4, 0.5) is 0 Å². The second kappa shape index (κ2) is 9.05. The summed E-state index contributed by atoms with van der Waals surface area (Å²) in [7, 11) is 0. The van der Waals surface area contributed by atoms with Crippen LogP contribution in [-0.4, -0.2) is 9.13 Å². The Balaban J connectivity index is 1.06. The van der Waals surface area contributed by atoms with Gasteiger partial charge in [-0.25, -0.2) is 0 Å². The van der Waals surface area contributed by atoms with E-state index in [9.17, 15) is 0 Å². The molecule has 48 heavy (non-hydrogen) atoms.